The van der Waals surface area contributed by atoms with Crippen LogP contribution in [0.4, 0.5) is 0 Å². The van der Waals surface area contributed by atoms with Gasteiger partial charge in [-0.15, -0.1) is 0 Å². The first-order valence-corrected chi connectivity index (χ1v) is 7.68. The van der Waals surface area contributed by atoms with Gasteiger partial charge in [0.25, 0.3) is 5.56 Å². The highest BCUT2D eigenvalue weighted by molar-refractivity contribution is 5.88. The first kappa shape index (κ1) is 16.5. The molecule has 0 amide bonds. The molecular weight excluding hydrogens is 322 g/mol. The van der Waals surface area contributed by atoms with Crippen LogP contribution in [0.2, 0.25) is 0 Å². The summed E-state index contributed by atoms with van der Waals surface area (Å²) >= 11 is 0. The number of nitrogens with zero attached hydrogens (tertiary/aromatic N) is 2. The molecule has 3 rings (SSSR count). The molecule has 3 aromatic rings. The maximum absolute atomic E-state index is 12.5. The fourth-order valence-corrected chi connectivity index (χ4v) is 2.48. The summed E-state index contributed by atoms with van der Waals surface area (Å²) in [6, 6.07) is 11.4. The number of carbonyl (C=O) groups is 1. The van der Waals surface area contributed by atoms with Crippen molar-refractivity contribution in [2.24, 2.45) is 0 Å². The van der Waals surface area contributed by atoms with Crippen LogP contribution < -0.4 is 10.3 Å². The zero-order valence-corrected chi connectivity index (χ0v) is 13.6. The SMILES string of the molecule is Cc1c(OCc2ccccc2)ccn(Cc2[nH]ncc2C(=O)O)c1=O. The number of hydrogen-bond donors (Lipinski definition) is 2. The van der Waals surface area contributed by atoms with E-state index in [0.717, 1.165) is 5.56 Å². The Morgan fingerprint density at radius 1 is 1.28 bits per heavy atom. The Balaban J connectivity index is 1.79. The highest BCUT2D eigenvalue weighted by atomic mass is 16.5. The maximum Gasteiger partial charge on any atom is 0.339 e. The van der Waals surface area contributed by atoms with Gasteiger partial charge < -0.3 is 14.4 Å². The van der Waals surface area contributed by atoms with Crippen molar-refractivity contribution in [3.05, 3.63) is 81.5 Å². The van der Waals surface area contributed by atoms with E-state index in [4.69, 9.17) is 9.84 Å². The molecule has 0 saturated carbocycles. The van der Waals surface area contributed by atoms with Gasteiger partial charge in [0.1, 0.15) is 17.9 Å². The monoisotopic (exact) mass is 339 g/mol. The minimum atomic E-state index is -1.09. The molecular formula is C18H17N3O4. The minimum absolute atomic E-state index is 0.0500. The Kier molecular flexibility index (Phi) is 4.65. The summed E-state index contributed by atoms with van der Waals surface area (Å²) in [5.41, 5.74) is 1.65. The molecule has 25 heavy (non-hydrogen) atoms. The second kappa shape index (κ2) is 7.04. The van der Waals surface area contributed by atoms with Gasteiger partial charge in [0.2, 0.25) is 0 Å². The number of benzene rings is 1. The van der Waals surface area contributed by atoms with Crippen molar-refractivity contribution in [2.45, 2.75) is 20.1 Å². The van der Waals surface area contributed by atoms with E-state index in [1.165, 1.54) is 10.8 Å². The molecule has 0 saturated heterocycles. The fraction of sp³-hybridized carbons (Fsp3) is 0.167. The van der Waals surface area contributed by atoms with Crippen LogP contribution in [0.25, 0.3) is 0 Å². The van der Waals surface area contributed by atoms with Crippen LogP contribution >= 0.6 is 0 Å². The fourth-order valence-electron chi connectivity index (χ4n) is 2.48. The molecule has 1 aromatic carbocycles. The summed E-state index contributed by atoms with van der Waals surface area (Å²) in [4.78, 5) is 23.6. The molecule has 0 aliphatic carbocycles. The van der Waals surface area contributed by atoms with Crippen LogP contribution in [-0.2, 0) is 13.2 Å². The maximum atomic E-state index is 12.5. The predicted molar refractivity (Wildman–Crippen MR) is 90.9 cm³/mol. The van der Waals surface area contributed by atoms with E-state index in [-0.39, 0.29) is 17.7 Å². The van der Waals surface area contributed by atoms with Gasteiger partial charge in [-0.3, -0.25) is 9.89 Å². The smallest absolute Gasteiger partial charge is 0.339 e. The standard InChI is InChI=1S/C18H17N3O4/c1-12-16(25-11-13-5-3-2-4-6-13)7-8-21(17(12)22)10-15-14(18(23)24)9-19-20-15/h2-9H,10-11H2,1H3,(H,19,20)(H,23,24). The molecule has 2 aromatic heterocycles. The highest BCUT2D eigenvalue weighted by Crippen LogP contribution is 2.16. The molecule has 0 radical (unpaired) electrons. The number of aromatic nitrogens is 3. The van der Waals surface area contributed by atoms with Gasteiger partial charge in [0, 0.05) is 6.20 Å². The molecule has 0 aliphatic heterocycles. The van der Waals surface area contributed by atoms with Crippen molar-refractivity contribution in [1.29, 1.82) is 0 Å². The van der Waals surface area contributed by atoms with Crippen molar-refractivity contribution >= 4 is 5.97 Å². The topological polar surface area (TPSA) is 97.2 Å². The number of H-pyrrole nitrogens is 1. The summed E-state index contributed by atoms with van der Waals surface area (Å²) in [5, 5.41) is 15.5. The number of ether oxygens (including phenoxy) is 1. The van der Waals surface area contributed by atoms with Crippen LogP contribution in [0.5, 0.6) is 5.75 Å². The molecule has 2 N–H and O–H groups in total. The average molecular weight is 339 g/mol. The van der Waals surface area contributed by atoms with Gasteiger partial charge in [-0.1, -0.05) is 30.3 Å². The summed E-state index contributed by atoms with van der Waals surface area (Å²) in [7, 11) is 0. The Labute approximate surface area is 143 Å². The van der Waals surface area contributed by atoms with E-state index < -0.39 is 5.97 Å². The lowest BCUT2D eigenvalue weighted by molar-refractivity contribution is 0.0695. The van der Waals surface area contributed by atoms with Crippen molar-refractivity contribution < 1.29 is 14.6 Å². The van der Waals surface area contributed by atoms with Gasteiger partial charge in [0.15, 0.2) is 0 Å². The lowest BCUT2D eigenvalue weighted by atomic mass is 10.2. The van der Waals surface area contributed by atoms with Crippen molar-refractivity contribution in [1.82, 2.24) is 14.8 Å². The number of aromatic carboxylic acids is 1. The first-order chi connectivity index (χ1) is 12.1. The van der Waals surface area contributed by atoms with E-state index in [1.807, 2.05) is 30.3 Å². The Morgan fingerprint density at radius 2 is 2.04 bits per heavy atom. The van der Waals surface area contributed by atoms with Crippen molar-refractivity contribution in [3.63, 3.8) is 0 Å². The molecule has 0 fully saturated rings. The van der Waals surface area contributed by atoms with E-state index in [9.17, 15) is 9.59 Å². The molecule has 0 atom stereocenters. The van der Waals surface area contributed by atoms with E-state index >= 15 is 0 Å². The average Bonchev–Trinajstić information content (AvgIpc) is 3.08. The molecule has 128 valence electrons. The second-order valence-electron chi connectivity index (χ2n) is 5.58. The molecule has 7 heteroatoms. The van der Waals surface area contributed by atoms with Crippen molar-refractivity contribution in [2.75, 3.05) is 0 Å². The third kappa shape index (κ3) is 3.60. The number of aromatic amines is 1. The Morgan fingerprint density at radius 3 is 2.76 bits per heavy atom. The summed E-state index contributed by atoms with van der Waals surface area (Å²) in [5.74, 6) is -0.579. The van der Waals surface area contributed by atoms with E-state index in [1.54, 1.807) is 19.2 Å². The highest BCUT2D eigenvalue weighted by Gasteiger charge is 2.14. The van der Waals surface area contributed by atoms with E-state index in [0.29, 0.717) is 23.6 Å². The predicted octanol–water partition coefficient (Wildman–Crippen LogP) is 2.21. The van der Waals surface area contributed by atoms with Crippen molar-refractivity contribution in [3.8, 4) is 5.75 Å². The molecule has 2 heterocycles. The summed E-state index contributed by atoms with van der Waals surface area (Å²) in [6.45, 7) is 2.15. The van der Waals surface area contributed by atoms with Crippen LogP contribution in [0.1, 0.15) is 27.2 Å². The number of nitrogens with one attached hydrogen (secondary N) is 1. The number of pyridine rings is 1. The van der Waals surface area contributed by atoms with E-state index in [2.05, 4.69) is 10.2 Å². The Bertz CT molecular complexity index is 944. The molecule has 0 aliphatic rings. The van der Waals surface area contributed by atoms with Crippen LogP contribution in [-0.4, -0.2) is 25.8 Å². The minimum Gasteiger partial charge on any atom is -0.488 e. The molecule has 7 nitrogen and oxygen atoms in total. The van der Waals surface area contributed by atoms with Gasteiger partial charge in [-0.05, 0) is 18.6 Å². The normalized spacial score (nSPS) is 10.6. The lowest BCUT2D eigenvalue weighted by Gasteiger charge is -2.12. The quantitative estimate of drug-likeness (QED) is 0.717. The lowest BCUT2D eigenvalue weighted by Crippen LogP contribution is -2.23. The summed E-state index contributed by atoms with van der Waals surface area (Å²) < 4.78 is 7.15. The number of hydrogen-bond acceptors (Lipinski definition) is 4. The second-order valence-corrected chi connectivity index (χ2v) is 5.58. The number of rotatable bonds is 6. The van der Waals surface area contributed by atoms with Gasteiger partial charge >= 0.3 is 5.97 Å². The van der Waals surface area contributed by atoms with Crippen LogP contribution in [0.15, 0.2) is 53.6 Å². The molecule has 0 spiro atoms. The van der Waals surface area contributed by atoms with Gasteiger partial charge in [0.05, 0.1) is 24.0 Å². The van der Waals surface area contributed by atoms with Crippen LogP contribution in [0, 0.1) is 6.92 Å². The number of carboxylic acid groups (broad SMARTS) is 1. The zero-order valence-electron chi connectivity index (χ0n) is 13.6. The zero-order chi connectivity index (χ0) is 17.8. The van der Waals surface area contributed by atoms with Gasteiger partial charge in [-0.25, -0.2) is 4.79 Å². The summed E-state index contributed by atoms with van der Waals surface area (Å²) in [6.07, 6.45) is 2.81. The third-order valence-electron chi connectivity index (χ3n) is 3.87. The molecule has 0 unspecified atom stereocenters. The third-order valence-corrected chi connectivity index (χ3v) is 3.87. The number of carboxylic acids is 1. The molecule has 0 bridgehead atoms. The Hall–Kier alpha value is -3.35. The van der Waals surface area contributed by atoms with Crippen LogP contribution in [0.3, 0.4) is 0 Å². The first-order valence-electron chi connectivity index (χ1n) is 7.68. The largest absolute Gasteiger partial charge is 0.488 e. The van der Waals surface area contributed by atoms with Gasteiger partial charge in [-0.2, -0.15) is 5.10 Å².